The molecule has 0 aliphatic rings. The van der Waals surface area contributed by atoms with Crippen LogP contribution in [0.15, 0.2) is 36.4 Å². The first-order valence-corrected chi connectivity index (χ1v) is 10.2. The van der Waals surface area contributed by atoms with E-state index in [2.05, 4.69) is 15.6 Å². The zero-order valence-corrected chi connectivity index (χ0v) is 18.9. The average Bonchev–Trinajstić information content (AvgIpc) is 3.15. The molecule has 1 heterocycles. The van der Waals surface area contributed by atoms with Crippen molar-refractivity contribution >= 4 is 23.3 Å². The van der Waals surface area contributed by atoms with Gasteiger partial charge >= 0.3 is 12.4 Å². The Labute approximate surface area is 199 Å². The number of hydrogen-bond acceptors (Lipinski definition) is 4. The van der Waals surface area contributed by atoms with E-state index >= 15 is 0 Å². The van der Waals surface area contributed by atoms with Crippen LogP contribution in [0.4, 0.5) is 36.6 Å². The normalized spacial score (nSPS) is 12.1. The van der Waals surface area contributed by atoms with E-state index < -0.39 is 41.7 Å². The maximum atomic E-state index is 13.2. The third-order valence-electron chi connectivity index (χ3n) is 4.78. The predicted molar refractivity (Wildman–Crippen MR) is 112 cm³/mol. The Bertz CT molecular complexity index is 1210. The Balaban J connectivity index is 1.91. The summed E-state index contributed by atoms with van der Waals surface area (Å²) < 4.78 is 93.2. The van der Waals surface area contributed by atoms with Crippen LogP contribution in [0.5, 0.6) is 0 Å². The van der Waals surface area contributed by atoms with E-state index in [9.17, 15) is 35.5 Å². The molecule has 0 aliphatic heterocycles. The molecule has 0 saturated carbocycles. The minimum Gasteiger partial charge on any atom is -0.361 e. The van der Waals surface area contributed by atoms with Crippen LogP contribution in [0.2, 0.25) is 5.02 Å². The van der Waals surface area contributed by atoms with Crippen molar-refractivity contribution in [3.8, 4) is 0 Å². The summed E-state index contributed by atoms with van der Waals surface area (Å²) in [5.74, 6) is -1.26. The lowest BCUT2D eigenvalue weighted by atomic mass is 10.0. The van der Waals surface area contributed by atoms with Crippen LogP contribution in [-0.4, -0.2) is 35.0 Å². The van der Waals surface area contributed by atoms with Gasteiger partial charge in [-0.2, -0.15) is 26.3 Å². The molecular weight excluding hydrogens is 507 g/mol. The monoisotopic (exact) mass is 523 g/mol. The molecule has 14 heteroatoms. The van der Waals surface area contributed by atoms with Gasteiger partial charge in [0.2, 0.25) is 0 Å². The summed E-state index contributed by atoms with van der Waals surface area (Å²) in [4.78, 5) is 14.1. The smallest absolute Gasteiger partial charge is 0.361 e. The maximum Gasteiger partial charge on any atom is 0.416 e. The van der Waals surface area contributed by atoms with Crippen LogP contribution in [0.25, 0.3) is 0 Å². The van der Waals surface area contributed by atoms with E-state index in [1.165, 1.54) is 25.1 Å². The van der Waals surface area contributed by atoms with Crippen molar-refractivity contribution in [1.82, 2.24) is 20.3 Å². The topological polar surface area (TPSA) is 63.1 Å². The first-order chi connectivity index (χ1) is 16.2. The van der Waals surface area contributed by atoms with Crippen molar-refractivity contribution in [2.24, 2.45) is 0 Å². The fraction of sp³-hybridized carbons (Fsp3) is 0.286. The highest BCUT2D eigenvalue weighted by molar-refractivity contribution is 6.31. The summed E-state index contributed by atoms with van der Waals surface area (Å²) in [5.41, 5.74) is -3.10. The lowest BCUT2D eigenvalue weighted by Crippen LogP contribution is -2.26. The first kappa shape index (κ1) is 26.3. The first-order valence-electron chi connectivity index (χ1n) is 9.78. The second-order valence-electron chi connectivity index (χ2n) is 7.65. The van der Waals surface area contributed by atoms with Crippen molar-refractivity contribution in [3.05, 3.63) is 75.2 Å². The third kappa shape index (κ3) is 6.21. The molecular formula is C21H17ClF7N5O. The van der Waals surface area contributed by atoms with Crippen LogP contribution in [-0.2, 0) is 25.4 Å². The number of benzene rings is 2. The Morgan fingerprint density at radius 1 is 1.03 bits per heavy atom. The number of anilines is 1. The van der Waals surface area contributed by atoms with Crippen molar-refractivity contribution in [1.29, 1.82) is 0 Å². The van der Waals surface area contributed by atoms with Crippen molar-refractivity contribution in [3.63, 3.8) is 0 Å². The minimum absolute atomic E-state index is 0.0250. The number of amides is 1. The molecule has 2 aromatic carbocycles. The number of hydrogen-bond donors (Lipinski definition) is 1. The van der Waals surface area contributed by atoms with Gasteiger partial charge in [-0.3, -0.25) is 4.79 Å². The maximum absolute atomic E-state index is 13.2. The van der Waals surface area contributed by atoms with E-state index in [1.807, 2.05) is 0 Å². The molecule has 1 N–H and O–H groups in total. The van der Waals surface area contributed by atoms with Crippen molar-refractivity contribution in [2.45, 2.75) is 25.4 Å². The van der Waals surface area contributed by atoms with Crippen LogP contribution in [0, 0.1) is 5.82 Å². The molecule has 0 unspecified atom stereocenters. The van der Waals surface area contributed by atoms with Gasteiger partial charge in [0.15, 0.2) is 11.5 Å². The van der Waals surface area contributed by atoms with Crippen LogP contribution < -0.4 is 10.2 Å². The number of carbonyl (C=O) groups is 1. The number of rotatable bonds is 6. The van der Waals surface area contributed by atoms with Gasteiger partial charge in [0.05, 0.1) is 17.7 Å². The van der Waals surface area contributed by atoms with Gasteiger partial charge in [-0.25, -0.2) is 9.07 Å². The molecule has 0 fully saturated rings. The van der Waals surface area contributed by atoms with Gasteiger partial charge < -0.3 is 10.2 Å². The Morgan fingerprint density at radius 3 is 2.14 bits per heavy atom. The largest absolute Gasteiger partial charge is 0.416 e. The fourth-order valence-electron chi connectivity index (χ4n) is 3.21. The molecule has 3 aromatic rings. The Kier molecular flexibility index (Phi) is 7.29. The summed E-state index contributed by atoms with van der Waals surface area (Å²) in [7, 11) is 2.99. The molecule has 6 nitrogen and oxygen atoms in total. The molecule has 0 radical (unpaired) electrons. The van der Waals surface area contributed by atoms with Gasteiger partial charge in [0.25, 0.3) is 5.91 Å². The highest BCUT2D eigenvalue weighted by Gasteiger charge is 2.37. The summed E-state index contributed by atoms with van der Waals surface area (Å²) in [6.45, 7) is -0.620. The summed E-state index contributed by atoms with van der Waals surface area (Å²) in [6, 6.07) is 4.76. The fourth-order valence-corrected chi connectivity index (χ4v) is 3.45. The number of alkyl halides is 6. The van der Waals surface area contributed by atoms with Crippen LogP contribution >= 0.6 is 11.6 Å². The lowest BCUT2D eigenvalue weighted by molar-refractivity contribution is -0.143. The van der Waals surface area contributed by atoms with Crippen LogP contribution in [0.3, 0.4) is 0 Å². The third-order valence-corrected chi connectivity index (χ3v) is 5.13. The quantitative estimate of drug-likeness (QED) is 0.454. The van der Waals surface area contributed by atoms with Gasteiger partial charge in [-0.15, -0.1) is 5.10 Å². The highest BCUT2D eigenvalue weighted by atomic mass is 35.5. The van der Waals surface area contributed by atoms with E-state index in [4.69, 9.17) is 11.6 Å². The second kappa shape index (κ2) is 9.72. The number of nitrogens with one attached hydrogen (secondary N) is 1. The van der Waals surface area contributed by atoms with Crippen LogP contribution in [0.1, 0.15) is 32.7 Å². The van der Waals surface area contributed by atoms with Gasteiger partial charge in [-0.1, -0.05) is 22.9 Å². The Hall–Kier alpha value is -3.35. The number of aromatic nitrogens is 3. The highest BCUT2D eigenvalue weighted by Crippen LogP contribution is 2.36. The van der Waals surface area contributed by atoms with E-state index in [0.717, 1.165) is 16.8 Å². The molecule has 1 aromatic heterocycles. The molecule has 0 aliphatic carbocycles. The van der Waals surface area contributed by atoms with E-state index in [0.29, 0.717) is 17.7 Å². The standard InChI is InChI=1S/C21H17ClF7N5O/c1-33(2)19-17(18(35)30-9-12-3-4-15(23)8-16(12)22)31-32-34(19)10-11-5-13(20(24,25)26)7-14(6-11)21(27,28)29/h3-8H,9-10H2,1-2H3,(H,30,35). The number of carbonyl (C=O) groups excluding carboxylic acids is 1. The van der Waals surface area contributed by atoms with E-state index in [-0.39, 0.29) is 34.7 Å². The summed E-state index contributed by atoms with van der Waals surface area (Å²) in [5, 5.41) is 10.1. The second-order valence-corrected chi connectivity index (χ2v) is 8.05. The van der Waals surface area contributed by atoms with Gasteiger partial charge in [0.1, 0.15) is 5.82 Å². The number of nitrogens with zero attached hydrogens (tertiary/aromatic N) is 4. The molecule has 0 atom stereocenters. The summed E-state index contributed by atoms with van der Waals surface area (Å²) >= 11 is 5.93. The van der Waals surface area contributed by atoms with Crippen molar-refractivity contribution in [2.75, 3.05) is 19.0 Å². The minimum atomic E-state index is -5.00. The molecule has 0 saturated heterocycles. The predicted octanol–water partition coefficient (Wildman–Crippen LogP) is 5.15. The molecule has 0 bridgehead atoms. The van der Waals surface area contributed by atoms with Crippen molar-refractivity contribution < 1.29 is 35.5 Å². The zero-order chi connectivity index (χ0) is 26.1. The molecule has 1 amide bonds. The molecule has 35 heavy (non-hydrogen) atoms. The Morgan fingerprint density at radius 2 is 1.63 bits per heavy atom. The summed E-state index contributed by atoms with van der Waals surface area (Å²) in [6.07, 6.45) is -10.0. The molecule has 3 rings (SSSR count). The van der Waals surface area contributed by atoms with Gasteiger partial charge in [-0.05, 0) is 41.5 Å². The SMILES string of the molecule is CN(C)c1c(C(=O)NCc2ccc(F)cc2Cl)nnn1Cc1cc(C(F)(F)F)cc(C(F)(F)F)c1. The zero-order valence-electron chi connectivity index (χ0n) is 18.1. The van der Waals surface area contributed by atoms with Gasteiger partial charge in [0, 0.05) is 25.7 Å². The lowest BCUT2D eigenvalue weighted by Gasteiger charge is -2.17. The van der Waals surface area contributed by atoms with E-state index in [1.54, 1.807) is 0 Å². The molecule has 188 valence electrons. The average molecular weight is 524 g/mol. The number of halogens is 8. The molecule has 0 spiro atoms.